The zero-order valence-corrected chi connectivity index (χ0v) is 15.5. The minimum atomic E-state index is -0.0218. The molecule has 1 amide bonds. The topological polar surface area (TPSA) is 61.1 Å². The fourth-order valence-electron chi connectivity index (χ4n) is 3.13. The molecule has 0 spiro atoms. The van der Waals surface area contributed by atoms with E-state index in [0.717, 1.165) is 17.0 Å². The van der Waals surface area contributed by atoms with Gasteiger partial charge in [0.15, 0.2) is 0 Å². The molecule has 0 aliphatic rings. The maximum atomic E-state index is 12.3. The van der Waals surface area contributed by atoms with Crippen molar-refractivity contribution in [3.05, 3.63) is 79.3 Å². The van der Waals surface area contributed by atoms with Gasteiger partial charge in [-0.15, -0.1) is 0 Å². The summed E-state index contributed by atoms with van der Waals surface area (Å²) < 4.78 is 9.67. The summed E-state index contributed by atoms with van der Waals surface area (Å²) in [5.41, 5.74) is 1.88. The second-order valence-corrected chi connectivity index (χ2v) is 6.51. The van der Waals surface area contributed by atoms with E-state index in [1.165, 1.54) is 5.39 Å². The van der Waals surface area contributed by atoms with Gasteiger partial charge in [-0.2, -0.15) is 5.10 Å². The second-order valence-electron chi connectivity index (χ2n) is 6.51. The lowest BCUT2D eigenvalue weighted by atomic mass is 10.2. The Morgan fingerprint density at radius 2 is 1.93 bits per heavy atom. The summed E-state index contributed by atoms with van der Waals surface area (Å²) in [6.45, 7) is 1.83. The maximum absolute atomic E-state index is 12.3. The molecule has 0 radical (unpaired) electrons. The Morgan fingerprint density at radius 1 is 1.00 bits per heavy atom. The highest BCUT2D eigenvalue weighted by molar-refractivity contribution is 5.91. The van der Waals surface area contributed by atoms with E-state index < -0.39 is 0 Å². The highest BCUT2D eigenvalue weighted by Gasteiger charge is 2.06. The van der Waals surface area contributed by atoms with Crippen LogP contribution in [0.5, 0.6) is 5.75 Å². The van der Waals surface area contributed by atoms with E-state index in [-0.39, 0.29) is 5.91 Å². The second kappa shape index (κ2) is 8.43. The number of para-hydroxylation sites is 1. The monoisotopic (exact) mass is 374 g/mol. The molecule has 6 heteroatoms. The number of carbonyl (C=O) groups is 1. The molecular formula is C22H22N4O2. The van der Waals surface area contributed by atoms with Crippen LogP contribution in [0.25, 0.3) is 10.9 Å². The lowest BCUT2D eigenvalue weighted by Crippen LogP contribution is -2.14. The van der Waals surface area contributed by atoms with Crippen LogP contribution in [0, 0.1) is 0 Å². The highest BCUT2D eigenvalue weighted by Crippen LogP contribution is 2.18. The van der Waals surface area contributed by atoms with Gasteiger partial charge in [-0.3, -0.25) is 9.48 Å². The van der Waals surface area contributed by atoms with E-state index in [0.29, 0.717) is 26.1 Å². The minimum Gasteiger partial charge on any atom is -0.492 e. The van der Waals surface area contributed by atoms with Crippen LogP contribution in [0.1, 0.15) is 6.42 Å². The number of nitrogens with zero attached hydrogens (tertiary/aromatic N) is 3. The summed E-state index contributed by atoms with van der Waals surface area (Å²) in [5.74, 6) is 0.702. The number of hydrogen-bond donors (Lipinski definition) is 1. The molecule has 142 valence electrons. The van der Waals surface area contributed by atoms with Crippen molar-refractivity contribution in [3.63, 3.8) is 0 Å². The van der Waals surface area contributed by atoms with Gasteiger partial charge < -0.3 is 14.6 Å². The summed E-state index contributed by atoms with van der Waals surface area (Å²) in [4.78, 5) is 12.3. The van der Waals surface area contributed by atoms with Crippen LogP contribution in [-0.4, -0.2) is 26.9 Å². The Bertz CT molecular complexity index is 1050. The van der Waals surface area contributed by atoms with Crippen molar-refractivity contribution in [2.75, 3.05) is 11.9 Å². The zero-order chi connectivity index (χ0) is 19.2. The van der Waals surface area contributed by atoms with Gasteiger partial charge in [-0.1, -0.05) is 24.3 Å². The molecule has 0 fully saturated rings. The Hall–Kier alpha value is -3.54. The smallest absolute Gasteiger partial charge is 0.226 e. The van der Waals surface area contributed by atoms with Crippen molar-refractivity contribution < 1.29 is 9.53 Å². The molecular weight excluding hydrogens is 352 g/mol. The van der Waals surface area contributed by atoms with Crippen LogP contribution < -0.4 is 10.1 Å². The number of aryl methyl sites for hydroxylation is 1. The highest BCUT2D eigenvalue weighted by atomic mass is 16.5. The van der Waals surface area contributed by atoms with E-state index in [2.05, 4.69) is 33.2 Å². The normalized spacial score (nSPS) is 10.9. The average Bonchev–Trinajstić information content (AvgIpc) is 3.37. The number of carbonyl (C=O) groups excluding carboxylic acids is 1. The average molecular weight is 374 g/mol. The van der Waals surface area contributed by atoms with Crippen LogP contribution >= 0.6 is 0 Å². The van der Waals surface area contributed by atoms with E-state index in [9.17, 15) is 4.79 Å². The van der Waals surface area contributed by atoms with Crippen LogP contribution in [0.15, 0.2) is 79.3 Å². The third-order valence-electron chi connectivity index (χ3n) is 4.53. The van der Waals surface area contributed by atoms with E-state index in [4.69, 9.17) is 4.74 Å². The van der Waals surface area contributed by atoms with Crippen molar-refractivity contribution >= 4 is 22.5 Å². The lowest BCUT2D eigenvalue weighted by molar-refractivity contribution is -0.116. The SMILES string of the molecule is O=C(CCn1ccc2ccccc21)Nc1cccc(OCCn2cccn2)c1. The van der Waals surface area contributed by atoms with E-state index >= 15 is 0 Å². The summed E-state index contributed by atoms with van der Waals surface area (Å²) in [6.07, 6.45) is 6.07. The van der Waals surface area contributed by atoms with E-state index in [1.54, 1.807) is 6.20 Å². The summed E-state index contributed by atoms with van der Waals surface area (Å²) in [7, 11) is 0. The largest absolute Gasteiger partial charge is 0.492 e. The van der Waals surface area contributed by atoms with Gasteiger partial charge in [-0.25, -0.2) is 0 Å². The van der Waals surface area contributed by atoms with Crippen LogP contribution in [0.3, 0.4) is 0 Å². The fraction of sp³-hybridized carbons (Fsp3) is 0.182. The number of benzene rings is 2. The number of nitrogens with one attached hydrogen (secondary N) is 1. The molecule has 4 rings (SSSR count). The Labute approximate surface area is 163 Å². The molecule has 2 aromatic carbocycles. The number of anilines is 1. The van der Waals surface area contributed by atoms with Gasteiger partial charge in [0.05, 0.1) is 6.54 Å². The number of fused-ring (bicyclic) bond motifs is 1. The number of amides is 1. The third-order valence-corrected chi connectivity index (χ3v) is 4.53. The summed E-state index contributed by atoms with van der Waals surface area (Å²) in [6, 6.07) is 19.6. The van der Waals surface area contributed by atoms with Gasteiger partial charge in [0.25, 0.3) is 0 Å². The third kappa shape index (κ3) is 4.40. The molecule has 0 aliphatic carbocycles. The first kappa shape index (κ1) is 17.9. The quantitative estimate of drug-likeness (QED) is 0.508. The molecule has 0 saturated heterocycles. The number of aromatic nitrogens is 3. The Balaban J connectivity index is 1.29. The molecule has 2 heterocycles. The molecule has 4 aromatic rings. The first-order chi connectivity index (χ1) is 13.8. The van der Waals surface area contributed by atoms with Crippen molar-refractivity contribution in [1.82, 2.24) is 14.3 Å². The van der Waals surface area contributed by atoms with Crippen molar-refractivity contribution in [3.8, 4) is 5.75 Å². The summed E-state index contributed by atoms with van der Waals surface area (Å²) >= 11 is 0. The van der Waals surface area contributed by atoms with Crippen LogP contribution in [0.4, 0.5) is 5.69 Å². The van der Waals surface area contributed by atoms with Crippen LogP contribution in [-0.2, 0) is 17.9 Å². The van der Waals surface area contributed by atoms with Gasteiger partial charge in [0.2, 0.25) is 5.91 Å². The molecule has 0 unspecified atom stereocenters. The Morgan fingerprint density at radius 3 is 2.82 bits per heavy atom. The first-order valence-electron chi connectivity index (χ1n) is 9.32. The van der Waals surface area contributed by atoms with Crippen molar-refractivity contribution in [1.29, 1.82) is 0 Å². The predicted octanol–water partition coefficient (Wildman–Crippen LogP) is 3.95. The summed E-state index contributed by atoms with van der Waals surface area (Å²) in [5, 5.41) is 8.27. The number of hydrogen-bond acceptors (Lipinski definition) is 3. The van der Waals surface area contributed by atoms with E-state index in [1.807, 2.05) is 59.5 Å². The molecule has 0 atom stereocenters. The molecule has 28 heavy (non-hydrogen) atoms. The van der Waals surface area contributed by atoms with Crippen LogP contribution in [0.2, 0.25) is 0 Å². The van der Waals surface area contributed by atoms with Gasteiger partial charge in [-0.05, 0) is 35.7 Å². The zero-order valence-electron chi connectivity index (χ0n) is 15.5. The minimum absolute atomic E-state index is 0.0218. The molecule has 2 aromatic heterocycles. The standard InChI is InChI=1S/C22H22N4O2/c27-22(10-14-25-13-9-18-5-1-2-8-21(18)25)24-19-6-3-7-20(17-19)28-16-15-26-12-4-11-23-26/h1-9,11-13,17H,10,14-16H2,(H,24,27). The lowest BCUT2D eigenvalue weighted by Gasteiger charge is -2.10. The van der Waals surface area contributed by atoms with Crippen molar-refractivity contribution in [2.24, 2.45) is 0 Å². The first-order valence-corrected chi connectivity index (χ1v) is 9.32. The molecule has 1 N–H and O–H groups in total. The predicted molar refractivity (Wildman–Crippen MR) is 109 cm³/mol. The number of ether oxygens (including phenoxy) is 1. The Kier molecular flexibility index (Phi) is 5.38. The molecule has 0 bridgehead atoms. The van der Waals surface area contributed by atoms with Crippen molar-refractivity contribution in [2.45, 2.75) is 19.5 Å². The molecule has 0 aliphatic heterocycles. The fourth-order valence-corrected chi connectivity index (χ4v) is 3.13. The van der Waals surface area contributed by atoms with Gasteiger partial charge >= 0.3 is 0 Å². The van der Waals surface area contributed by atoms with Gasteiger partial charge in [0, 0.05) is 48.8 Å². The molecule has 0 saturated carbocycles. The maximum Gasteiger partial charge on any atom is 0.226 e. The van der Waals surface area contributed by atoms with Gasteiger partial charge in [0.1, 0.15) is 12.4 Å². The molecule has 6 nitrogen and oxygen atoms in total. The number of rotatable bonds is 8.